The third-order valence-corrected chi connectivity index (χ3v) is 9.03. The molecular formula is C30H41ClFN5O6. The van der Waals surface area contributed by atoms with Gasteiger partial charge < -0.3 is 35.0 Å². The molecule has 3 saturated heterocycles. The summed E-state index contributed by atoms with van der Waals surface area (Å²) in [5.41, 5.74) is 0.290. The number of hydrogen-bond acceptors (Lipinski definition) is 10. The highest BCUT2D eigenvalue weighted by atomic mass is 35.5. The van der Waals surface area contributed by atoms with Crippen molar-refractivity contribution in [3.63, 3.8) is 0 Å². The minimum atomic E-state index is -1.42. The Bertz CT molecular complexity index is 1220. The van der Waals surface area contributed by atoms with E-state index in [4.69, 9.17) is 21.4 Å². The number of ether oxygens (including phenoxy) is 1. The van der Waals surface area contributed by atoms with Crippen LogP contribution >= 0.6 is 11.6 Å². The second kappa shape index (κ2) is 14.0. The fourth-order valence-corrected chi connectivity index (χ4v) is 6.49. The maximum Gasteiger partial charge on any atom is 0.227 e. The van der Waals surface area contributed by atoms with Crippen molar-refractivity contribution in [1.29, 1.82) is 0 Å². The van der Waals surface area contributed by atoms with Gasteiger partial charge in [0.1, 0.15) is 23.8 Å². The molecule has 3 atom stereocenters. The minimum absolute atomic E-state index is 0.0182. The lowest BCUT2D eigenvalue weighted by Crippen LogP contribution is -2.73. The van der Waals surface area contributed by atoms with Gasteiger partial charge in [-0.2, -0.15) is 0 Å². The summed E-state index contributed by atoms with van der Waals surface area (Å²) >= 11 is 5.88. The van der Waals surface area contributed by atoms with E-state index in [9.17, 15) is 24.5 Å². The van der Waals surface area contributed by atoms with E-state index in [0.717, 1.165) is 38.8 Å². The van der Waals surface area contributed by atoms with E-state index in [-0.39, 0.29) is 24.3 Å². The van der Waals surface area contributed by atoms with Crippen LogP contribution in [-0.4, -0.2) is 123 Å². The van der Waals surface area contributed by atoms with Crippen LogP contribution in [0.4, 0.5) is 10.3 Å². The van der Waals surface area contributed by atoms with E-state index < -0.39 is 30.7 Å². The molecule has 1 spiro atoms. The smallest absolute Gasteiger partial charge is 0.227 e. The van der Waals surface area contributed by atoms with E-state index >= 15 is 0 Å². The summed E-state index contributed by atoms with van der Waals surface area (Å²) in [6.07, 6.45) is 3.27. The lowest BCUT2D eigenvalue weighted by atomic mass is 9.72. The second-order valence-corrected chi connectivity index (χ2v) is 12.7. The Kier molecular flexibility index (Phi) is 10.4. The molecule has 4 N–H and O–H groups in total. The second-order valence-electron chi connectivity index (χ2n) is 12.3. The van der Waals surface area contributed by atoms with Gasteiger partial charge in [-0.1, -0.05) is 17.7 Å². The number of rotatable bonds is 13. The summed E-state index contributed by atoms with van der Waals surface area (Å²) in [6.45, 7) is 4.32. The van der Waals surface area contributed by atoms with Crippen molar-refractivity contribution in [1.82, 2.24) is 19.8 Å². The number of aliphatic hydroxyl groups excluding tert-OH is 4. The lowest BCUT2D eigenvalue weighted by molar-refractivity contribution is -0.164. The number of amides is 1. The van der Waals surface area contributed by atoms with Crippen molar-refractivity contribution in [2.75, 3.05) is 63.9 Å². The number of piperidine rings is 1. The maximum atomic E-state index is 14.8. The molecule has 4 heterocycles. The highest BCUT2D eigenvalue weighted by molar-refractivity contribution is 6.30. The van der Waals surface area contributed by atoms with Crippen molar-refractivity contribution < 1.29 is 34.3 Å². The van der Waals surface area contributed by atoms with Crippen molar-refractivity contribution in [2.45, 2.75) is 50.4 Å². The minimum Gasteiger partial charge on any atom is -0.493 e. The van der Waals surface area contributed by atoms with Gasteiger partial charge in [0.05, 0.1) is 43.2 Å². The summed E-state index contributed by atoms with van der Waals surface area (Å²) in [4.78, 5) is 27.2. The molecule has 1 amide bonds. The van der Waals surface area contributed by atoms with Gasteiger partial charge >= 0.3 is 0 Å². The van der Waals surface area contributed by atoms with E-state index in [1.165, 1.54) is 6.07 Å². The van der Waals surface area contributed by atoms with Gasteiger partial charge in [-0.3, -0.25) is 9.69 Å². The molecule has 2 aromatic rings. The van der Waals surface area contributed by atoms with Gasteiger partial charge in [-0.05, 0) is 43.2 Å². The zero-order valence-electron chi connectivity index (χ0n) is 24.2. The number of hydrogen-bond donors (Lipinski definition) is 4. The molecule has 3 fully saturated rings. The summed E-state index contributed by atoms with van der Waals surface area (Å²) in [5.74, 6) is 1.19. The molecular weight excluding hydrogens is 581 g/mol. The summed E-state index contributed by atoms with van der Waals surface area (Å²) in [7, 11) is 0. The Labute approximate surface area is 255 Å². The molecule has 3 aliphatic rings. The third kappa shape index (κ3) is 7.92. The largest absolute Gasteiger partial charge is 0.493 e. The average molecular weight is 622 g/mol. The zero-order chi connectivity index (χ0) is 30.6. The van der Waals surface area contributed by atoms with Crippen molar-refractivity contribution >= 4 is 23.5 Å². The van der Waals surface area contributed by atoms with Crippen LogP contribution in [0.1, 0.15) is 31.2 Å². The Morgan fingerprint density at radius 2 is 1.79 bits per heavy atom. The number of carbonyl (C=O) groups is 1. The average Bonchev–Trinajstić information content (AvgIpc) is 2.96. The first-order valence-electron chi connectivity index (χ1n) is 14.9. The number of carbonyl (C=O) groups excluding carboxylic acids is 1. The fraction of sp³-hybridized carbons (Fsp3) is 0.633. The van der Waals surface area contributed by atoms with Gasteiger partial charge in [0, 0.05) is 57.3 Å². The van der Waals surface area contributed by atoms with Crippen LogP contribution < -0.4 is 9.64 Å². The van der Waals surface area contributed by atoms with E-state index in [1.807, 2.05) is 4.90 Å². The topological polar surface area (TPSA) is 143 Å². The molecule has 236 valence electrons. The van der Waals surface area contributed by atoms with Crippen LogP contribution in [0.3, 0.4) is 0 Å². The molecule has 0 radical (unpaired) electrons. The predicted molar refractivity (Wildman–Crippen MR) is 157 cm³/mol. The van der Waals surface area contributed by atoms with Gasteiger partial charge in [0.25, 0.3) is 0 Å². The maximum absolute atomic E-state index is 14.8. The van der Waals surface area contributed by atoms with Crippen molar-refractivity contribution in [2.24, 2.45) is 11.3 Å². The molecule has 0 saturated carbocycles. The molecule has 1 aromatic heterocycles. The van der Waals surface area contributed by atoms with E-state index in [0.29, 0.717) is 61.0 Å². The predicted octanol–water partition coefficient (Wildman–Crippen LogP) is 1.11. The van der Waals surface area contributed by atoms with Crippen molar-refractivity contribution in [3.05, 3.63) is 47.0 Å². The number of aromatic nitrogens is 2. The summed E-state index contributed by atoms with van der Waals surface area (Å²) < 4.78 is 20.6. The standard InChI is InChI=1S/C30H41ClFN5O6/c31-22-12-33-29(34-13-22)36-7-5-20(6-8-36)2-1-9-43-23-4-3-21(24(32)11-23)10-27(41)37-18-30(19-37)16-35(17-30)14-25(39)28(42)26(40)15-38/h3-4,11-13,20,25-26,28,38-40,42H,1-2,5-10,14-19H2/t25-,26+,28-/m0/s1. The monoisotopic (exact) mass is 621 g/mol. The molecule has 1 aromatic carbocycles. The Hall–Kier alpha value is -2.61. The third-order valence-electron chi connectivity index (χ3n) is 8.84. The van der Waals surface area contributed by atoms with Crippen LogP contribution in [0.25, 0.3) is 0 Å². The fourth-order valence-electron chi connectivity index (χ4n) is 6.40. The number of benzene rings is 1. The number of nitrogens with zero attached hydrogens (tertiary/aromatic N) is 5. The normalized spacial score (nSPS) is 20.8. The Morgan fingerprint density at radius 1 is 1.09 bits per heavy atom. The number of β-amino-alcohol motifs (C(OH)–C–C–N with tert-alkyl or cyclic N) is 1. The SMILES string of the molecule is O=C(Cc1ccc(OCCCC2CCN(c3ncc(Cl)cn3)CC2)cc1F)N1CC2(CN(C[C@H](O)[C@H](O)[C@H](O)CO)C2)C1. The number of halogens is 2. The Balaban J connectivity index is 0.964. The number of aliphatic hydroxyl groups is 4. The van der Waals surface area contributed by atoms with Crippen LogP contribution in [0, 0.1) is 17.2 Å². The number of anilines is 1. The molecule has 11 nitrogen and oxygen atoms in total. The van der Waals surface area contributed by atoms with Crippen molar-refractivity contribution in [3.8, 4) is 5.75 Å². The van der Waals surface area contributed by atoms with Crippen LogP contribution in [0.5, 0.6) is 5.75 Å². The number of likely N-dealkylation sites (tertiary alicyclic amines) is 2. The summed E-state index contributed by atoms with van der Waals surface area (Å²) in [6, 6.07) is 4.68. The first kappa shape index (κ1) is 31.8. The van der Waals surface area contributed by atoms with Gasteiger partial charge in [0.2, 0.25) is 11.9 Å². The molecule has 43 heavy (non-hydrogen) atoms. The van der Waals surface area contributed by atoms with Gasteiger partial charge in [-0.25, -0.2) is 14.4 Å². The van der Waals surface area contributed by atoms with Crippen LogP contribution in [0.15, 0.2) is 30.6 Å². The van der Waals surface area contributed by atoms with E-state index in [2.05, 4.69) is 14.9 Å². The molecule has 0 aliphatic carbocycles. The van der Waals surface area contributed by atoms with Gasteiger partial charge in [0.15, 0.2) is 0 Å². The zero-order valence-corrected chi connectivity index (χ0v) is 24.9. The molecule has 0 unspecified atom stereocenters. The highest BCUT2D eigenvalue weighted by Crippen LogP contribution is 2.40. The first-order valence-corrected chi connectivity index (χ1v) is 15.3. The van der Waals surface area contributed by atoms with Gasteiger partial charge in [-0.15, -0.1) is 0 Å². The van der Waals surface area contributed by atoms with Crippen LogP contribution in [-0.2, 0) is 11.2 Å². The molecule has 5 rings (SSSR count). The molecule has 13 heteroatoms. The van der Waals surface area contributed by atoms with Crippen LogP contribution in [0.2, 0.25) is 5.02 Å². The summed E-state index contributed by atoms with van der Waals surface area (Å²) in [5, 5.41) is 38.8. The Morgan fingerprint density at radius 3 is 2.44 bits per heavy atom. The molecule has 0 bridgehead atoms. The first-order chi connectivity index (χ1) is 20.6. The molecule has 3 aliphatic heterocycles. The highest BCUT2D eigenvalue weighted by Gasteiger charge is 2.53. The van der Waals surface area contributed by atoms with E-state index in [1.54, 1.807) is 29.4 Å². The lowest BCUT2D eigenvalue weighted by Gasteiger charge is -2.60. The quantitative estimate of drug-likeness (QED) is 0.240.